The van der Waals surface area contributed by atoms with Gasteiger partial charge in [-0.15, -0.1) is 0 Å². The van der Waals surface area contributed by atoms with Crippen molar-refractivity contribution in [3.05, 3.63) is 59.7 Å². The van der Waals surface area contributed by atoms with Gasteiger partial charge in [-0.1, -0.05) is 38.1 Å². The molecular weight excluding hydrogens is 398 g/mol. The van der Waals surface area contributed by atoms with Gasteiger partial charge in [-0.3, -0.25) is 14.6 Å². The monoisotopic (exact) mass is 429 g/mol. The molecule has 0 saturated heterocycles. The topological polar surface area (TPSA) is 71.0 Å². The van der Waals surface area contributed by atoms with E-state index in [2.05, 4.69) is 40.6 Å². The standard InChI is InChI=1S/C23H31N3O3S/c1-3-14-26(15-4-2)18-19-9-7-10-20(17-19)29-16-8-13-24-23-21-11-5-6-12-22(21)30(27,28)25-23/h5-7,9-12,17H,3-4,8,13-16,18H2,1-2H3,(H,24,25). The normalized spacial score (nSPS) is 15.9. The van der Waals surface area contributed by atoms with Gasteiger partial charge >= 0.3 is 0 Å². The molecule has 6 nitrogen and oxygen atoms in total. The first-order chi connectivity index (χ1) is 14.5. The number of sulfonamides is 1. The summed E-state index contributed by atoms with van der Waals surface area (Å²) in [6.07, 6.45) is 3.01. The lowest BCUT2D eigenvalue weighted by Gasteiger charge is -2.21. The highest BCUT2D eigenvalue weighted by Gasteiger charge is 2.29. The summed E-state index contributed by atoms with van der Waals surface area (Å²) in [7, 11) is -3.48. The van der Waals surface area contributed by atoms with Crippen molar-refractivity contribution in [3.8, 4) is 5.75 Å². The van der Waals surface area contributed by atoms with Crippen LogP contribution in [0.2, 0.25) is 0 Å². The van der Waals surface area contributed by atoms with Crippen LogP contribution in [0, 0.1) is 0 Å². The lowest BCUT2D eigenvalue weighted by Crippen LogP contribution is -2.24. The highest BCUT2D eigenvalue weighted by molar-refractivity contribution is 7.90. The van der Waals surface area contributed by atoms with Crippen LogP contribution in [0.1, 0.15) is 44.2 Å². The van der Waals surface area contributed by atoms with Gasteiger partial charge < -0.3 is 4.74 Å². The summed E-state index contributed by atoms with van der Waals surface area (Å²) in [5.41, 5.74) is 1.89. The largest absolute Gasteiger partial charge is 0.494 e. The van der Waals surface area contributed by atoms with E-state index in [1.54, 1.807) is 18.2 Å². The Morgan fingerprint density at radius 2 is 1.80 bits per heavy atom. The van der Waals surface area contributed by atoms with Crippen LogP contribution in [-0.4, -0.2) is 45.4 Å². The number of nitrogens with one attached hydrogen (secondary N) is 1. The Hall–Kier alpha value is -2.38. The van der Waals surface area contributed by atoms with Crippen molar-refractivity contribution in [2.75, 3.05) is 26.2 Å². The zero-order valence-corrected chi connectivity index (χ0v) is 18.6. The third kappa shape index (κ3) is 5.83. The molecule has 1 aliphatic rings. The van der Waals surface area contributed by atoms with Crippen molar-refractivity contribution < 1.29 is 13.2 Å². The van der Waals surface area contributed by atoms with E-state index in [4.69, 9.17) is 4.74 Å². The molecule has 7 heteroatoms. The molecule has 1 heterocycles. The maximum absolute atomic E-state index is 12.1. The summed E-state index contributed by atoms with van der Waals surface area (Å²) in [5, 5.41) is 0. The van der Waals surface area contributed by atoms with Gasteiger partial charge in [0.15, 0.2) is 0 Å². The average molecular weight is 430 g/mol. The van der Waals surface area contributed by atoms with Gasteiger partial charge in [0, 0.05) is 25.1 Å². The van der Waals surface area contributed by atoms with E-state index < -0.39 is 10.0 Å². The van der Waals surface area contributed by atoms with E-state index in [1.807, 2.05) is 18.2 Å². The van der Waals surface area contributed by atoms with Crippen LogP contribution in [0.4, 0.5) is 0 Å². The van der Waals surface area contributed by atoms with E-state index in [9.17, 15) is 8.42 Å². The molecule has 2 aromatic carbocycles. The Labute approximate surface area is 180 Å². The Kier molecular flexibility index (Phi) is 7.87. The van der Waals surface area contributed by atoms with E-state index in [0.717, 1.165) is 38.2 Å². The van der Waals surface area contributed by atoms with Gasteiger partial charge in [-0.2, -0.15) is 0 Å². The minimum atomic E-state index is -3.48. The van der Waals surface area contributed by atoms with Crippen LogP contribution < -0.4 is 9.46 Å². The van der Waals surface area contributed by atoms with Crippen molar-refractivity contribution in [2.45, 2.75) is 44.6 Å². The van der Waals surface area contributed by atoms with Gasteiger partial charge in [0.2, 0.25) is 0 Å². The SMILES string of the molecule is CCCN(CCC)Cc1cccc(OCCCN=C2NS(=O)(=O)c3ccccc32)c1. The molecule has 0 amide bonds. The van der Waals surface area contributed by atoms with Gasteiger partial charge in [-0.05, 0) is 55.8 Å². The molecular formula is C23H31N3O3S. The first-order valence-electron chi connectivity index (χ1n) is 10.6. The minimum Gasteiger partial charge on any atom is -0.494 e. The highest BCUT2D eigenvalue weighted by Crippen LogP contribution is 2.22. The molecule has 3 rings (SSSR count). The predicted molar refractivity (Wildman–Crippen MR) is 121 cm³/mol. The third-order valence-electron chi connectivity index (χ3n) is 4.89. The Morgan fingerprint density at radius 1 is 1.03 bits per heavy atom. The van der Waals surface area contributed by atoms with Crippen LogP contribution >= 0.6 is 0 Å². The second-order valence-electron chi connectivity index (χ2n) is 7.46. The molecule has 0 bridgehead atoms. The van der Waals surface area contributed by atoms with E-state index in [1.165, 1.54) is 5.56 Å². The Bertz CT molecular complexity index is 967. The van der Waals surface area contributed by atoms with E-state index >= 15 is 0 Å². The van der Waals surface area contributed by atoms with Crippen molar-refractivity contribution >= 4 is 15.9 Å². The van der Waals surface area contributed by atoms with Crippen LogP contribution in [0.15, 0.2) is 58.4 Å². The molecule has 0 atom stereocenters. The van der Waals surface area contributed by atoms with Crippen LogP contribution in [0.3, 0.4) is 0 Å². The first-order valence-corrected chi connectivity index (χ1v) is 12.1. The third-order valence-corrected chi connectivity index (χ3v) is 6.29. The fourth-order valence-corrected chi connectivity index (χ4v) is 4.84. The molecule has 162 valence electrons. The number of aliphatic imine (C=N–C) groups is 1. The number of hydrogen-bond donors (Lipinski definition) is 1. The van der Waals surface area contributed by atoms with Crippen molar-refractivity contribution in [2.24, 2.45) is 4.99 Å². The maximum atomic E-state index is 12.1. The number of fused-ring (bicyclic) bond motifs is 1. The second kappa shape index (κ2) is 10.6. The maximum Gasteiger partial charge on any atom is 0.263 e. The smallest absolute Gasteiger partial charge is 0.263 e. The van der Waals surface area contributed by atoms with E-state index in [-0.39, 0.29) is 4.90 Å². The lowest BCUT2D eigenvalue weighted by atomic mass is 10.2. The fourth-order valence-electron chi connectivity index (χ4n) is 3.59. The van der Waals surface area contributed by atoms with Gasteiger partial charge in [-0.25, -0.2) is 8.42 Å². The predicted octanol–water partition coefficient (Wildman–Crippen LogP) is 3.82. The molecule has 1 N–H and O–H groups in total. The minimum absolute atomic E-state index is 0.289. The molecule has 0 saturated carbocycles. The molecule has 0 fully saturated rings. The van der Waals surface area contributed by atoms with Crippen molar-refractivity contribution in [1.82, 2.24) is 9.62 Å². The average Bonchev–Trinajstić information content (AvgIpc) is 2.99. The van der Waals surface area contributed by atoms with Gasteiger partial charge in [0.05, 0.1) is 11.5 Å². The van der Waals surface area contributed by atoms with Gasteiger partial charge in [0.25, 0.3) is 10.0 Å². The molecule has 0 spiro atoms. The molecule has 2 aromatic rings. The number of rotatable bonds is 11. The molecule has 1 aliphatic heterocycles. The lowest BCUT2D eigenvalue weighted by molar-refractivity contribution is 0.265. The van der Waals surface area contributed by atoms with E-state index in [0.29, 0.717) is 31.0 Å². The van der Waals surface area contributed by atoms with Crippen LogP contribution in [0.5, 0.6) is 5.75 Å². The summed E-state index contributed by atoms with van der Waals surface area (Å²) in [6, 6.07) is 15.1. The molecule has 0 unspecified atom stereocenters. The number of benzene rings is 2. The molecule has 0 radical (unpaired) electrons. The number of hydrogen-bond acceptors (Lipinski definition) is 5. The highest BCUT2D eigenvalue weighted by atomic mass is 32.2. The van der Waals surface area contributed by atoms with Crippen molar-refractivity contribution in [3.63, 3.8) is 0 Å². The van der Waals surface area contributed by atoms with Crippen molar-refractivity contribution in [1.29, 1.82) is 0 Å². The van der Waals surface area contributed by atoms with Gasteiger partial charge in [0.1, 0.15) is 11.6 Å². The molecule has 30 heavy (non-hydrogen) atoms. The summed E-state index contributed by atoms with van der Waals surface area (Å²) in [5.74, 6) is 1.28. The quantitative estimate of drug-likeness (QED) is 0.551. The zero-order valence-electron chi connectivity index (χ0n) is 17.8. The Balaban J connectivity index is 1.50. The van der Waals surface area contributed by atoms with Crippen LogP contribution in [0.25, 0.3) is 0 Å². The summed E-state index contributed by atoms with van der Waals surface area (Å²) in [4.78, 5) is 7.19. The fraction of sp³-hybridized carbons (Fsp3) is 0.435. The number of nitrogens with zero attached hydrogens (tertiary/aromatic N) is 2. The first kappa shape index (κ1) is 22.3. The summed E-state index contributed by atoms with van der Waals surface area (Å²) >= 11 is 0. The van der Waals surface area contributed by atoms with Crippen LogP contribution in [-0.2, 0) is 16.6 Å². The number of amidine groups is 1. The molecule has 0 aromatic heterocycles. The zero-order chi connectivity index (χ0) is 21.4. The second-order valence-corrected chi connectivity index (χ2v) is 9.11. The summed E-state index contributed by atoms with van der Waals surface area (Å²) < 4.78 is 32.6. The molecule has 0 aliphatic carbocycles. The summed E-state index contributed by atoms with van der Waals surface area (Å²) in [6.45, 7) is 8.58. The Morgan fingerprint density at radius 3 is 2.57 bits per heavy atom. The number of ether oxygens (including phenoxy) is 1.